The Hall–Kier alpha value is -0.940. The van der Waals surface area contributed by atoms with Gasteiger partial charge in [0.2, 0.25) is 0 Å². The van der Waals surface area contributed by atoms with E-state index < -0.39 is 0 Å². The summed E-state index contributed by atoms with van der Waals surface area (Å²) in [5, 5.41) is 2.85. The highest BCUT2D eigenvalue weighted by molar-refractivity contribution is 9.10. The summed E-state index contributed by atoms with van der Waals surface area (Å²) >= 11 is 3.22. The second kappa shape index (κ2) is 6.60. The number of nitrogens with one attached hydrogen (secondary N) is 1. The third kappa shape index (κ3) is 4.28. The average molecular weight is 287 g/mol. The molecule has 1 amide bonds. The van der Waals surface area contributed by atoms with E-state index in [1.807, 2.05) is 13.8 Å². The van der Waals surface area contributed by atoms with Crippen LogP contribution in [0, 0.1) is 0 Å². The maximum atomic E-state index is 11.8. The van der Waals surface area contributed by atoms with Crippen LogP contribution in [0.1, 0.15) is 24.2 Å². The number of nitrogens with zero attached hydrogens (tertiary/aromatic N) is 1. The Morgan fingerprint density at radius 1 is 1.69 bits per heavy atom. The molecule has 1 atom stereocenters. The summed E-state index contributed by atoms with van der Waals surface area (Å²) in [5.41, 5.74) is 0.588. The van der Waals surface area contributed by atoms with Gasteiger partial charge in [0.1, 0.15) is 4.60 Å². The number of carbonyl (C=O) groups excluding carboxylic acids is 1. The number of halogens is 1. The molecule has 0 radical (unpaired) electrons. The molecule has 0 saturated heterocycles. The fourth-order valence-corrected chi connectivity index (χ4v) is 1.55. The number of ether oxygens (including phenoxy) is 1. The van der Waals surface area contributed by atoms with Crippen LogP contribution < -0.4 is 5.32 Å². The Labute approximate surface area is 104 Å². The predicted molar refractivity (Wildman–Crippen MR) is 65.4 cm³/mol. The van der Waals surface area contributed by atoms with Crippen molar-refractivity contribution in [1.29, 1.82) is 0 Å². The van der Waals surface area contributed by atoms with Crippen molar-refractivity contribution in [2.45, 2.75) is 19.9 Å². The molecule has 5 heteroatoms. The number of amides is 1. The van der Waals surface area contributed by atoms with Crippen molar-refractivity contribution in [3.63, 3.8) is 0 Å². The molecule has 0 aromatic carbocycles. The highest BCUT2D eigenvalue weighted by Crippen LogP contribution is 2.07. The Morgan fingerprint density at radius 3 is 3.06 bits per heavy atom. The molecule has 0 aliphatic heterocycles. The average Bonchev–Trinajstić information content (AvgIpc) is 2.26. The number of hydrogen-bond acceptors (Lipinski definition) is 3. The lowest BCUT2D eigenvalue weighted by Crippen LogP contribution is -2.35. The molecule has 0 aliphatic rings. The SMILES string of the molecule is CCOCC(C)NC(=O)c1ccnc(Br)c1. The van der Waals surface area contributed by atoms with Gasteiger partial charge < -0.3 is 10.1 Å². The van der Waals surface area contributed by atoms with Crippen LogP contribution >= 0.6 is 15.9 Å². The zero-order valence-corrected chi connectivity index (χ0v) is 11.0. The standard InChI is InChI=1S/C11H15BrN2O2/c1-3-16-7-8(2)14-11(15)9-4-5-13-10(12)6-9/h4-6,8H,3,7H2,1-2H3,(H,14,15). The lowest BCUT2D eigenvalue weighted by atomic mass is 10.2. The van der Waals surface area contributed by atoms with Gasteiger partial charge in [0, 0.05) is 24.4 Å². The second-order valence-corrected chi connectivity index (χ2v) is 4.21. The quantitative estimate of drug-likeness (QED) is 0.843. The largest absolute Gasteiger partial charge is 0.380 e. The van der Waals surface area contributed by atoms with Gasteiger partial charge in [-0.2, -0.15) is 0 Å². The van der Waals surface area contributed by atoms with E-state index in [4.69, 9.17) is 4.74 Å². The summed E-state index contributed by atoms with van der Waals surface area (Å²) in [4.78, 5) is 15.7. The van der Waals surface area contributed by atoms with Crippen LogP contribution in [-0.2, 0) is 4.74 Å². The first-order valence-electron chi connectivity index (χ1n) is 5.13. The van der Waals surface area contributed by atoms with E-state index in [0.29, 0.717) is 23.4 Å². The summed E-state index contributed by atoms with van der Waals surface area (Å²) in [7, 11) is 0. The number of pyridine rings is 1. The van der Waals surface area contributed by atoms with Crippen molar-refractivity contribution < 1.29 is 9.53 Å². The van der Waals surface area contributed by atoms with E-state index in [-0.39, 0.29) is 11.9 Å². The molecule has 0 aliphatic carbocycles. The summed E-state index contributed by atoms with van der Waals surface area (Å²) in [6.45, 7) is 5.01. The normalized spacial score (nSPS) is 12.2. The van der Waals surface area contributed by atoms with Gasteiger partial charge in [-0.3, -0.25) is 4.79 Å². The predicted octanol–water partition coefficient (Wildman–Crippen LogP) is 2.00. The topological polar surface area (TPSA) is 51.2 Å². The van der Waals surface area contributed by atoms with E-state index in [0.717, 1.165) is 0 Å². The van der Waals surface area contributed by atoms with E-state index in [1.165, 1.54) is 0 Å². The van der Waals surface area contributed by atoms with Crippen molar-refractivity contribution in [2.75, 3.05) is 13.2 Å². The van der Waals surface area contributed by atoms with Gasteiger partial charge in [-0.05, 0) is 41.9 Å². The highest BCUT2D eigenvalue weighted by Gasteiger charge is 2.09. The number of rotatable bonds is 5. The van der Waals surface area contributed by atoms with Gasteiger partial charge in [0.25, 0.3) is 5.91 Å². The number of carbonyl (C=O) groups is 1. The first kappa shape index (κ1) is 13.1. The Bertz CT molecular complexity index is 358. The molecule has 16 heavy (non-hydrogen) atoms. The van der Waals surface area contributed by atoms with Gasteiger partial charge in [-0.25, -0.2) is 4.98 Å². The molecule has 4 nitrogen and oxygen atoms in total. The summed E-state index contributed by atoms with van der Waals surface area (Å²) in [6, 6.07) is 3.36. The minimum atomic E-state index is -0.115. The van der Waals surface area contributed by atoms with Crippen LogP contribution in [0.25, 0.3) is 0 Å². The number of aromatic nitrogens is 1. The third-order valence-corrected chi connectivity index (χ3v) is 2.37. The van der Waals surface area contributed by atoms with E-state index >= 15 is 0 Å². The Balaban J connectivity index is 2.52. The van der Waals surface area contributed by atoms with Gasteiger partial charge in [-0.15, -0.1) is 0 Å². The van der Waals surface area contributed by atoms with Crippen molar-refractivity contribution in [1.82, 2.24) is 10.3 Å². The van der Waals surface area contributed by atoms with Crippen LogP contribution in [0.5, 0.6) is 0 Å². The van der Waals surface area contributed by atoms with E-state index in [9.17, 15) is 4.79 Å². The molecule has 0 fully saturated rings. The van der Waals surface area contributed by atoms with Crippen molar-refractivity contribution >= 4 is 21.8 Å². The van der Waals surface area contributed by atoms with Gasteiger partial charge in [-0.1, -0.05) is 0 Å². The maximum Gasteiger partial charge on any atom is 0.251 e. The van der Waals surface area contributed by atoms with Crippen LogP contribution in [0.3, 0.4) is 0 Å². The monoisotopic (exact) mass is 286 g/mol. The van der Waals surface area contributed by atoms with Crippen molar-refractivity contribution in [3.05, 3.63) is 28.5 Å². The molecule has 0 bridgehead atoms. The molecule has 88 valence electrons. The lowest BCUT2D eigenvalue weighted by molar-refractivity contribution is 0.0872. The van der Waals surface area contributed by atoms with Crippen LogP contribution in [0.15, 0.2) is 22.9 Å². The molecule has 1 N–H and O–H groups in total. The summed E-state index contributed by atoms with van der Waals surface area (Å²) < 4.78 is 5.87. The molecule has 1 aromatic rings. The van der Waals surface area contributed by atoms with E-state index in [1.54, 1.807) is 18.3 Å². The van der Waals surface area contributed by atoms with E-state index in [2.05, 4.69) is 26.2 Å². The Kier molecular flexibility index (Phi) is 5.42. The molecular formula is C11H15BrN2O2. The van der Waals surface area contributed by atoms with Gasteiger partial charge >= 0.3 is 0 Å². The zero-order chi connectivity index (χ0) is 12.0. The first-order chi connectivity index (χ1) is 7.63. The highest BCUT2D eigenvalue weighted by atomic mass is 79.9. The van der Waals surface area contributed by atoms with Crippen molar-refractivity contribution in [3.8, 4) is 0 Å². The minimum absolute atomic E-state index is 0.000564. The molecule has 0 saturated carbocycles. The minimum Gasteiger partial charge on any atom is -0.380 e. The Morgan fingerprint density at radius 2 is 2.44 bits per heavy atom. The number of hydrogen-bond donors (Lipinski definition) is 1. The summed E-state index contributed by atoms with van der Waals surface area (Å²) in [5.74, 6) is -0.115. The molecule has 1 unspecified atom stereocenters. The molecular weight excluding hydrogens is 272 g/mol. The molecule has 0 spiro atoms. The molecule has 1 rings (SSSR count). The van der Waals surface area contributed by atoms with Crippen LogP contribution in [-0.4, -0.2) is 30.1 Å². The van der Waals surface area contributed by atoms with Crippen LogP contribution in [0.2, 0.25) is 0 Å². The fourth-order valence-electron chi connectivity index (χ4n) is 1.19. The molecule has 1 heterocycles. The zero-order valence-electron chi connectivity index (χ0n) is 9.37. The third-order valence-electron chi connectivity index (χ3n) is 1.94. The molecule has 1 aromatic heterocycles. The van der Waals surface area contributed by atoms with Gasteiger partial charge in [0.15, 0.2) is 0 Å². The first-order valence-corrected chi connectivity index (χ1v) is 5.93. The van der Waals surface area contributed by atoms with Gasteiger partial charge in [0.05, 0.1) is 6.61 Å². The van der Waals surface area contributed by atoms with Crippen molar-refractivity contribution in [2.24, 2.45) is 0 Å². The lowest BCUT2D eigenvalue weighted by Gasteiger charge is -2.13. The summed E-state index contributed by atoms with van der Waals surface area (Å²) in [6.07, 6.45) is 1.59. The maximum absolute atomic E-state index is 11.8. The second-order valence-electron chi connectivity index (χ2n) is 3.40. The smallest absolute Gasteiger partial charge is 0.251 e. The fraction of sp³-hybridized carbons (Fsp3) is 0.455. The van der Waals surface area contributed by atoms with Crippen LogP contribution in [0.4, 0.5) is 0 Å².